The van der Waals surface area contributed by atoms with Crippen LogP contribution in [0.1, 0.15) is 10.4 Å². The predicted octanol–water partition coefficient (Wildman–Crippen LogP) is 3.03. The first kappa shape index (κ1) is 13.2. The molecular weight excluding hydrogens is 268 g/mol. The molecule has 106 valence electrons. The predicted molar refractivity (Wildman–Crippen MR) is 79.4 cm³/mol. The van der Waals surface area contributed by atoms with Gasteiger partial charge in [-0.1, -0.05) is 18.2 Å². The highest BCUT2D eigenvalue weighted by atomic mass is 16.5. The summed E-state index contributed by atoms with van der Waals surface area (Å²) in [5.74, 6) is 0.345. The van der Waals surface area contributed by atoms with Crippen LogP contribution in [-0.4, -0.2) is 30.4 Å². The van der Waals surface area contributed by atoms with E-state index in [4.69, 9.17) is 9.47 Å². The first-order valence-electron chi connectivity index (χ1n) is 6.43. The molecular formula is C16H14N2O3. The number of hydrogen-bond donors (Lipinski definition) is 1. The van der Waals surface area contributed by atoms with E-state index < -0.39 is 5.97 Å². The van der Waals surface area contributed by atoms with Crippen LogP contribution in [0, 0.1) is 0 Å². The standard InChI is InChI=1S/C16H14N2O3/c1-20-14-6-4-3-5-12(14)10-7-11-9-17-18-15(11)13(8-10)16(19)21-2/h3-9H,1-2H3,(H,17,18). The fourth-order valence-corrected chi connectivity index (χ4v) is 2.37. The number of fused-ring (bicyclic) bond motifs is 1. The molecule has 5 nitrogen and oxygen atoms in total. The largest absolute Gasteiger partial charge is 0.496 e. The fraction of sp³-hybridized carbons (Fsp3) is 0.125. The van der Waals surface area contributed by atoms with Gasteiger partial charge < -0.3 is 9.47 Å². The van der Waals surface area contributed by atoms with Crippen LogP contribution in [0.3, 0.4) is 0 Å². The third-order valence-electron chi connectivity index (χ3n) is 3.37. The molecule has 1 heterocycles. The molecule has 0 bridgehead atoms. The Morgan fingerprint density at radius 1 is 1.19 bits per heavy atom. The molecule has 0 saturated carbocycles. The van der Waals surface area contributed by atoms with E-state index in [1.807, 2.05) is 30.3 Å². The second kappa shape index (κ2) is 5.28. The highest BCUT2D eigenvalue weighted by molar-refractivity contribution is 6.04. The number of nitrogens with zero attached hydrogens (tertiary/aromatic N) is 1. The molecule has 0 aliphatic rings. The number of benzene rings is 2. The number of para-hydroxylation sites is 1. The van der Waals surface area contributed by atoms with Crippen molar-refractivity contribution in [1.29, 1.82) is 0 Å². The number of hydrogen-bond acceptors (Lipinski definition) is 4. The van der Waals surface area contributed by atoms with Crippen LogP contribution in [0.25, 0.3) is 22.0 Å². The van der Waals surface area contributed by atoms with Crippen molar-refractivity contribution in [1.82, 2.24) is 10.2 Å². The molecule has 0 aliphatic heterocycles. The van der Waals surface area contributed by atoms with Gasteiger partial charge in [-0.25, -0.2) is 4.79 Å². The van der Waals surface area contributed by atoms with Crippen molar-refractivity contribution in [3.8, 4) is 16.9 Å². The zero-order chi connectivity index (χ0) is 14.8. The molecule has 1 N–H and O–H groups in total. The molecule has 0 fully saturated rings. The topological polar surface area (TPSA) is 64.2 Å². The van der Waals surface area contributed by atoms with E-state index in [1.54, 1.807) is 19.4 Å². The van der Waals surface area contributed by atoms with Crippen molar-refractivity contribution < 1.29 is 14.3 Å². The number of H-pyrrole nitrogens is 1. The van der Waals surface area contributed by atoms with Gasteiger partial charge in [-0.05, 0) is 23.8 Å². The summed E-state index contributed by atoms with van der Waals surface area (Å²) in [6.07, 6.45) is 1.68. The Bertz CT molecular complexity index is 808. The molecule has 5 heteroatoms. The Morgan fingerprint density at radius 2 is 2.00 bits per heavy atom. The molecule has 0 atom stereocenters. The number of methoxy groups -OCH3 is 2. The number of carbonyl (C=O) groups is 1. The van der Waals surface area contributed by atoms with Gasteiger partial charge in [0.2, 0.25) is 0 Å². The van der Waals surface area contributed by atoms with E-state index in [9.17, 15) is 4.79 Å². The van der Waals surface area contributed by atoms with Gasteiger partial charge in [-0.2, -0.15) is 5.10 Å². The maximum atomic E-state index is 12.0. The van der Waals surface area contributed by atoms with Gasteiger partial charge in [-0.3, -0.25) is 5.10 Å². The lowest BCUT2D eigenvalue weighted by Gasteiger charge is -2.10. The molecule has 0 spiro atoms. The van der Waals surface area contributed by atoms with Crippen molar-refractivity contribution in [2.75, 3.05) is 14.2 Å². The first-order valence-corrected chi connectivity index (χ1v) is 6.43. The van der Waals surface area contributed by atoms with E-state index in [0.29, 0.717) is 11.1 Å². The summed E-state index contributed by atoms with van der Waals surface area (Å²) >= 11 is 0. The molecule has 2 aromatic carbocycles. The molecule has 21 heavy (non-hydrogen) atoms. The Labute approximate surface area is 121 Å². The van der Waals surface area contributed by atoms with E-state index in [1.165, 1.54) is 7.11 Å². The highest BCUT2D eigenvalue weighted by Gasteiger charge is 2.15. The van der Waals surface area contributed by atoms with Crippen molar-refractivity contribution in [2.24, 2.45) is 0 Å². The van der Waals surface area contributed by atoms with Gasteiger partial charge in [0.25, 0.3) is 0 Å². The normalized spacial score (nSPS) is 10.6. The number of carbonyl (C=O) groups excluding carboxylic acids is 1. The summed E-state index contributed by atoms with van der Waals surface area (Å²) < 4.78 is 10.2. The zero-order valence-electron chi connectivity index (χ0n) is 11.7. The third-order valence-corrected chi connectivity index (χ3v) is 3.37. The number of esters is 1. The summed E-state index contributed by atoms with van der Waals surface area (Å²) in [6.45, 7) is 0. The number of nitrogens with one attached hydrogen (secondary N) is 1. The molecule has 0 radical (unpaired) electrons. The fourth-order valence-electron chi connectivity index (χ4n) is 2.37. The minimum Gasteiger partial charge on any atom is -0.496 e. The molecule has 0 unspecified atom stereocenters. The lowest BCUT2D eigenvalue weighted by molar-refractivity contribution is 0.0603. The number of rotatable bonds is 3. The van der Waals surface area contributed by atoms with Crippen LogP contribution in [0.4, 0.5) is 0 Å². The average Bonchev–Trinajstić information content (AvgIpc) is 3.01. The number of aromatic nitrogens is 2. The second-order valence-electron chi connectivity index (χ2n) is 4.55. The van der Waals surface area contributed by atoms with E-state index in [-0.39, 0.29) is 0 Å². The van der Waals surface area contributed by atoms with Gasteiger partial charge >= 0.3 is 5.97 Å². The molecule has 3 rings (SSSR count). The quantitative estimate of drug-likeness (QED) is 0.750. The average molecular weight is 282 g/mol. The van der Waals surface area contributed by atoms with Crippen LogP contribution in [0.2, 0.25) is 0 Å². The summed E-state index contributed by atoms with van der Waals surface area (Å²) in [6, 6.07) is 11.4. The van der Waals surface area contributed by atoms with Crippen molar-refractivity contribution in [3.63, 3.8) is 0 Å². The van der Waals surface area contributed by atoms with Crippen LogP contribution in [-0.2, 0) is 4.74 Å². The summed E-state index contributed by atoms with van der Waals surface area (Å²) in [5.41, 5.74) is 2.91. The summed E-state index contributed by atoms with van der Waals surface area (Å²) in [7, 11) is 2.98. The first-order chi connectivity index (χ1) is 10.2. The molecule has 0 saturated heterocycles. The Morgan fingerprint density at radius 3 is 2.76 bits per heavy atom. The Balaban J connectivity index is 2.26. The van der Waals surface area contributed by atoms with E-state index in [0.717, 1.165) is 22.3 Å². The van der Waals surface area contributed by atoms with E-state index in [2.05, 4.69) is 10.2 Å². The van der Waals surface area contributed by atoms with Crippen LogP contribution >= 0.6 is 0 Å². The lowest BCUT2D eigenvalue weighted by Crippen LogP contribution is -2.02. The zero-order valence-corrected chi connectivity index (χ0v) is 11.7. The Hall–Kier alpha value is -2.82. The third kappa shape index (κ3) is 2.23. The second-order valence-corrected chi connectivity index (χ2v) is 4.55. The molecule has 0 aliphatic carbocycles. The molecule has 0 amide bonds. The van der Waals surface area contributed by atoms with Crippen LogP contribution < -0.4 is 4.74 Å². The van der Waals surface area contributed by atoms with Gasteiger partial charge in [-0.15, -0.1) is 0 Å². The monoisotopic (exact) mass is 282 g/mol. The smallest absolute Gasteiger partial charge is 0.340 e. The van der Waals surface area contributed by atoms with E-state index >= 15 is 0 Å². The number of aromatic amines is 1. The molecule has 1 aromatic heterocycles. The van der Waals surface area contributed by atoms with Gasteiger partial charge in [0.15, 0.2) is 0 Å². The van der Waals surface area contributed by atoms with Gasteiger partial charge in [0.1, 0.15) is 5.75 Å². The lowest BCUT2D eigenvalue weighted by atomic mass is 9.99. The van der Waals surface area contributed by atoms with Crippen LogP contribution in [0.15, 0.2) is 42.6 Å². The minimum absolute atomic E-state index is 0.402. The van der Waals surface area contributed by atoms with Crippen molar-refractivity contribution in [2.45, 2.75) is 0 Å². The SMILES string of the molecule is COC(=O)c1cc(-c2ccccc2OC)cc2cn[nH]c12. The van der Waals surface area contributed by atoms with Crippen LogP contribution in [0.5, 0.6) is 5.75 Å². The Kier molecular flexibility index (Phi) is 3.31. The van der Waals surface area contributed by atoms with Gasteiger partial charge in [0, 0.05) is 10.9 Å². The van der Waals surface area contributed by atoms with Gasteiger partial charge in [0.05, 0.1) is 31.5 Å². The summed E-state index contributed by atoms with van der Waals surface area (Å²) in [5, 5.41) is 7.67. The maximum Gasteiger partial charge on any atom is 0.340 e. The summed E-state index contributed by atoms with van der Waals surface area (Å²) in [4.78, 5) is 12.0. The number of ether oxygens (including phenoxy) is 2. The van der Waals surface area contributed by atoms with Crippen molar-refractivity contribution in [3.05, 3.63) is 48.2 Å². The molecule has 3 aromatic rings. The maximum absolute atomic E-state index is 12.0. The highest BCUT2D eigenvalue weighted by Crippen LogP contribution is 2.33. The van der Waals surface area contributed by atoms with Crippen molar-refractivity contribution >= 4 is 16.9 Å². The minimum atomic E-state index is -0.402.